The highest BCUT2D eigenvalue weighted by Gasteiger charge is 2.18. The van der Waals surface area contributed by atoms with E-state index in [1.165, 1.54) is 23.5 Å². The van der Waals surface area contributed by atoms with Crippen molar-refractivity contribution in [1.82, 2.24) is 4.98 Å². The Bertz CT molecular complexity index is 520. The average Bonchev–Trinajstić information content (AvgIpc) is 2.73. The zero-order chi connectivity index (χ0) is 13.1. The molecule has 0 aliphatic heterocycles. The van der Waals surface area contributed by atoms with E-state index in [4.69, 9.17) is 11.6 Å². The van der Waals surface area contributed by atoms with Crippen LogP contribution in [0.5, 0.6) is 0 Å². The van der Waals surface area contributed by atoms with Gasteiger partial charge in [-0.2, -0.15) is 0 Å². The summed E-state index contributed by atoms with van der Waals surface area (Å²) in [5.41, 5.74) is 1.51. The molecule has 0 saturated heterocycles. The lowest BCUT2D eigenvalue weighted by Crippen LogP contribution is -2.36. The Kier molecular flexibility index (Phi) is 4.21. The summed E-state index contributed by atoms with van der Waals surface area (Å²) in [7, 11) is -0.698. The molecule has 94 valence electrons. The minimum Gasteiger partial charge on any atom is -0.432 e. The molecule has 7 heteroatoms. The van der Waals surface area contributed by atoms with Gasteiger partial charge in [-0.3, -0.25) is 0 Å². The molecular formula is C11H11BClFN2OS. The van der Waals surface area contributed by atoms with E-state index >= 15 is 0 Å². The predicted molar refractivity (Wildman–Crippen MR) is 73.5 cm³/mol. The van der Waals surface area contributed by atoms with Crippen molar-refractivity contribution in [1.29, 1.82) is 0 Å². The molecule has 1 aromatic carbocycles. The van der Waals surface area contributed by atoms with Crippen LogP contribution in [-0.2, 0) is 6.54 Å². The number of thiazole rings is 1. The van der Waals surface area contributed by atoms with Crippen LogP contribution in [0.4, 0.5) is 10.1 Å². The summed E-state index contributed by atoms with van der Waals surface area (Å²) >= 11 is 7.11. The molecule has 0 amide bonds. The van der Waals surface area contributed by atoms with E-state index in [1.54, 1.807) is 23.8 Å². The van der Waals surface area contributed by atoms with E-state index < -0.39 is 7.05 Å². The summed E-state index contributed by atoms with van der Waals surface area (Å²) in [4.78, 5) is 5.85. The third kappa shape index (κ3) is 3.22. The van der Waals surface area contributed by atoms with Crippen LogP contribution in [0.1, 0.15) is 5.69 Å². The van der Waals surface area contributed by atoms with Crippen molar-refractivity contribution < 1.29 is 9.41 Å². The first-order valence-electron chi connectivity index (χ1n) is 5.36. The molecule has 0 radical (unpaired) electrons. The molecule has 3 nitrogen and oxygen atoms in total. The Balaban J connectivity index is 2.20. The highest BCUT2D eigenvalue weighted by Crippen LogP contribution is 2.21. The second kappa shape index (κ2) is 5.69. The normalized spacial score (nSPS) is 10.4. The number of anilines is 1. The number of rotatable bonds is 4. The fraction of sp³-hybridized carbons (Fsp3) is 0.182. The van der Waals surface area contributed by atoms with Gasteiger partial charge in [-0.05, 0) is 31.1 Å². The lowest BCUT2D eigenvalue weighted by Gasteiger charge is -2.24. The summed E-state index contributed by atoms with van der Waals surface area (Å²) in [6.07, 6.45) is 0. The summed E-state index contributed by atoms with van der Waals surface area (Å²) in [5.74, 6) is -0.305. The van der Waals surface area contributed by atoms with Gasteiger partial charge < -0.3 is 9.83 Å². The molecule has 1 N–H and O–H groups in total. The van der Waals surface area contributed by atoms with Crippen LogP contribution in [-0.4, -0.2) is 17.1 Å². The van der Waals surface area contributed by atoms with Gasteiger partial charge in [-0.25, -0.2) is 9.37 Å². The molecule has 0 saturated carbocycles. The first kappa shape index (κ1) is 13.3. The van der Waals surface area contributed by atoms with Crippen molar-refractivity contribution in [3.63, 3.8) is 0 Å². The largest absolute Gasteiger partial charge is 0.432 e. The Morgan fingerprint density at radius 3 is 2.61 bits per heavy atom. The summed E-state index contributed by atoms with van der Waals surface area (Å²) in [5, 5.41) is 11.6. The lowest BCUT2D eigenvalue weighted by molar-refractivity contribution is 0.568. The monoisotopic (exact) mass is 284 g/mol. The summed E-state index contributed by atoms with van der Waals surface area (Å²) in [6.45, 7) is 2.07. The maximum absolute atomic E-state index is 12.9. The Hall–Kier alpha value is -1.11. The van der Waals surface area contributed by atoms with Gasteiger partial charge in [0.2, 0.25) is 0 Å². The summed E-state index contributed by atoms with van der Waals surface area (Å²) in [6, 6.07) is 5.96. The maximum atomic E-state index is 12.9. The number of benzene rings is 1. The molecule has 18 heavy (non-hydrogen) atoms. The number of aromatic nitrogens is 1. The Morgan fingerprint density at radius 1 is 1.44 bits per heavy atom. The van der Waals surface area contributed by atoms with Crippen molar-refractivity contribution >= 4 is 35.7 Å². The third-order valence-corrected chi connectivity index (χ3v) is 3.49. The van der Waals surface area contributed by atoms with Crippen molar-refractivity contribution in [2.45, 2.75) is 13.4 Å². The second-order valence-electron chi connectivity index (χ2n) is 3.83. The van der Waals surface area contributed by atoms with Gasteiger partial charge >= 0.3 is 7.05 Å². The van der Waals surface area contributed by atoms with Crippen LogP contribution >= 0.6 is 22.9 Å². The zero-order valence-corrected chi connectivity index (χ0v) is 11.2. The molecule has 1 aromatic heterocycles. The molecule has 2 aromatic rings. The van der Waals surface area contributed by atoms with Crippen molar-refractivity contribution in [2.75, 3.05) is 4.81 Å². The number of hydrogen-bond acceptors (Lipinski definition) is 4. The van der Waals surface area contributed by atoms with Crippen molar-refractivity contribution in [3.8, 4) is 0 Å². The molecular weight excluding hydrogens is 273 g/mol. The average molecular weight is 285 g/mol. The molecule has 0 unspecified atom stereocenters. The first-order chi connectivity index (χ1) is 8.56. The van der Waals surface area contributed by atoms with Gasteiger partial charge in [0.15, 0.2) is 4.47 Å². The number of nitrogens with zero attached hydrogens (tertiary/aromatic N) is 2. The fourth-order valence-electron chi connectivity index (χ4n) is 1.60. The van der Waals surface area contributed by atoms with Crippen molar-refractivity contribution in [3.05, 3.63) is 45.6 Å². The van der Waals surface area contributed by atoms with E-state index in [2.05, 4.69) is 4.98 Å². The molecule has 0 aliphatic rings. The number of halogens is 2. The van der Waals surface area contributed by atoms with E-state index in [-0.39, 0.29) is 5.82 Å². The SMILES string of the molecule is CB(O)N(Cc1csc(Cl)n1)c1ccc(F)cc1. The van der Waals surface area contributed by atoms with Crippen LogP contribution < -0.4 is 4.81 Å². The maximum Gasteiger partial charge on any atom is 0.409 e. The highest BCUT2D eigenvalue weighted by atomic mass is 35.5. The van der Waals surface area contributed by atoms with Gasteiger partial charge in [-0.15, -0.1) is 11.3 Å². The minimum atomic E-state index is -0.698. The van der Waals surface area contributed by atoms with Crippen LogP contribution in [0.15, 0.2) is 29.6 Å². The van der Waals surface area contributed by atoms with Crippen LogP contribution in [0.2, 0.25) is 11.3 Å². The van der Waals surface area contributed by atoms with Gasteiger partial charge in [0.05, 0.1) is 12.2 Å². The van der Waals surface area contributed by atoms with E-state index in [1.807, 2.05) is 5.38 Å². The van der Waals surface area contributed by atoms with Gasteiger partial charge in [0, 0.05) is 11.1 Å². The third-order valence-electron chi connectivity index (χ3n) is 2.47. The van der Waals surface area contributed by atoms with Crippen molar-refractivity contribution in [2.24, 2.45) is 0 Å². The molecule has 0 aliphatic carbocycles. The van der Waals surface area contributed by atoms with Crippen LogP contribution in [0.3, 0.4) is 0 Å². The quantitative estimate of drug-likeness (QED) is 0.877. The standard InChI is InChI=1S/C11H11BClFN2OS/c1-12(17)16(6-9-7-18-11(13)15-9)10-4-2-8(14)3-5-10/h2-5,7,17H,6H2,1H3. The van der Waals surface area contributed by atoms with Gasteiger partial charge in [0.25, 0.3) is 0 Å². The summed E-state index contributed by atoms with van der Waals surface area (Å²) < 4.78 is 13.3. The molecule has 1 heterocycles. The zero-order valence-electron chi connectivity index (χ0n) is 9.68. The van der Waals surface area contributed by atoms with Gasteiger partial charge in [0.1, 0.15) is 5.82 Å². The van der Waals surface area contributed by atoms with E-state index in [9.17, 15) is 9.41 Å². The van der Waals surface area contributed by atoms with Crippen LogP contribution in [0, 0.1) is 5.82 Å². The Labute approximate surface area is 114 Å². The van der Waals surface area contributed by atoms with E-state index in [0.29, 0.717) is 11.0 Å². The molecule has 0 spiro atoms. The predicted octanol–water partition coefficient (Wildman–Crippen LogP) is 3.05. The lowest BCUT2D eigenvalue weighted by atomic mass is 9.84. The fourth-order valence-corrected chi connectivity index (χ4v) is 2.37. The van der Waals surface area contributed by atoms with Gasteiger partial charge in [-0.1, -0.05) is 11.6 Å². The smallest absolute Gasteiger partial charge is 0.409 e. The first-order valence-corrected chi connectivity index (χ1v) is 6.62. The molecule has 2 rings (SSSR count). The highest BCUT2D eigenvalue weighted by molar-refractivity contribution is 7.13. The van der Waals surface area contributed by atoms with E-state index in [0.717, 1.165) is 11.4 Å². The molecule has 0 atom stereocenters. The topological polar surface area (TPSA) is 36.4 Å². The Morgan fingerprint density at radius 2 is 2.11 bits per heavy atom. The number of hydrogen-bond donors (Lipinski definition) is 1. The molecule has 0 bridgehead atoms. The molecule has 0 fully saturated rings. The second-order valence-corrected chi connectivity index (χ2v) is 5.27. The minimum absolute atomic E-state index is 0.305. The van der Waals surface area contributed by atoms with Crippen LogP contribution in [0.25, 0.3) is 0 Å².